The van der Waals surface area contributed by atoms with Gasteiger partial charge in [0.1, 0.15) is 11.5 Å². The molecule has 1 aliphatic carbocycles. The van der Waals surface area contributed by atoms with Crippen LogP contribution in [0.3, 0.4) is 0 Å². The molecule has 1 saturated carbocycles. The van der Waals surface area contributed by atoms with E-state index in [1.165, 1.54) is 24.8 Å². The Bertz CT molecular complexity index is 454. The Morgan fingerprint density at radius 3 is 2.75 bits per heavy atom. The fourth-order valence-corrected chi connectivity index (χ4v) is 3.11. The van der Waals surface area contributed by atoms with Crippen molar-refractivity contribution in [2.75, 3.05) is 33.3 Å². The maximum atomic E-state index is 9.65. The lowest BCUT2D eigenvalue weighted by Gasteiger charge is -2.36. The SMILES string of the molecule is COc1cc(O)ccc1[C@H](CC1CC1)N1CCNCC1. The molecule has 0 amide bonds. The van der Waals surface area contributed by atoms with E-state index >= 15 is 0 Å². The first-order chi connectivity index (χ1) is 9.78. The highest BCUT2D eigenvalue weighted by molar-refractivity contribution is 5.42. The maximum absolute atomic E-state index is 9.65. The Morgan fingerprint density at radius 2 is 2.10 bits per heavy atom. The van der Waals surface area contributed by atoms with Crippen LogP contribution in [0, 0.1) is 5.92 Å². The third kappa shape index (κ3) is 3.07. The van der Waals surface area contributed by atoms with Gasteiger partial charge in [0.25, 0.3) is 0 Å². The summed E-state index contributed by atoms with van der Waals surface area (Å²) < 4.78 is 5.50. The quantitative estimate of drug-likeness (QED) is 0.865. The fourth-order valence-electron chi connectivity index (χ4n) is 3.11. The lowest BCUT2D eigenvalue weighted by Crippen LogP contribution is -2.45. The van der Waals surface area contributed by atoms with Gasteiger partial charge in [0.15, 0.2) is 0 Å². The topological polar surface area (TPSA) is 44.7 Å². The first-order valence-electron chi connectivity index (χ1n) is 7.59. The van der Waals surface area contributed by atoms with E-state index in [1.807, 2.05) is 6.07 Å². The maximum Gasteiger partial charge on any atom is 0.127 e. The van der Waals surface area contributed by atoms with Crippen LogP contribution in [-0.2, 0) is 0 Å². The number of phenolic OH excluding ortho intramolecular Hbond substituents is 1. The number of phenols is 1. The Hall–Kier alpha value is -1.26. The Labute approximate surface area is 120 Å². The molecule has 0 spiro atoms. The van der Waals surface area contributed by atoms with E-state index < -0.39 is 0 Å². The molecule has 20 heavy (non-hydrogen) atoms. The summed E-state index contributed by atoms with van der Waals surface area (Å²) in [7, 11) is 1.68. The average Bonchev–Trinajstić information content (AvgIpc) is 3.30. The minimum Gasteiger partial charge on any atom is -0.508 e. The normalized spacial score (nSPS) is 21.6. The zero-order chi connectivity index (χ0) is 13.9. The van der Waals surface area contributed by atoms with Crippen LogP contribution in [0.2, 0.25) is 0 Å². The predicted octanol–water partition coefficient (Wildman–Crippen LogP) is 2.15. The van der Waals surface area contributed by atoms with Gasteiger partial charge in [-0.05, 0) is 18.4 Å². The number of nitrogens with zero attached hydrogens (tertiary/aromatic N) is 1. The molecule has 0 bridgehead atoms. The van der Waals surface area contributed by atoms with E-state index in [0.29, 0.717) is 6.04 Å². The molecule has 1 atom stereocenters. The van der Waals surface area contributed by atoms with Crippen molar-refractivity contribution >= 4 is 0 Å². The number of aromatic hydroxyl groups is 1. The van der Waals surface area contributed by atoms with Crippen LogP contribution in [0.25, 0.3) is 0 Å². The number of benzene rings is 1. The summed E-state index contributed by atoms with van der Waals surface area (Å²) in [4.78, 5) is 2.56. The predicted molar refractivity (Wildman–Crippen MR) is 79.2 cm³/mol. The van der Waals surface area contributed by atoms with Crippen molar-refractivity contribution in [2.45, 2.75) is 25.3 Å². The highest BCUT2D eigenvalue weighted by Crippen LogP contribution is 2.43. The number of hydrogen-bond donors (Lipinski definition) is 2. The Morgan fingerprint density at radius 1 is 1.35 bits per heavy atom. The summed E-state index contributed by atoms with van der Waals surface area (Å²) in [6.07, 6.45) is 3.94. The van der Waals surface area contributed by atoms with Gasteiger partial charge < -0.3 is 15.2 Å². The van der Waals surface area contributed by atoms with E-state index in [0.717, 1.165) is 37.8 Å². The Balaban J connectivity index is 1.86. The first kappa shape index (κ1) is 13.7. The van der Waals surface area contributed by atoms with Gasteiger partial charge in [-0.15, -0.1) is 0 Å². The third-order valence-electron chi connectivity index (χ3n) is 4.42. The number of rotatable bonds is 5. The summed E-state index contributed by atoms with van der Waals surface area (Å²) in [6, 6.07) is 5.96. The molecule has 110 valence electrons. The molecule has 4 heteroatoms. The van der Waals surface area contributed by atoms with Gasteiger partial charge in [-0.25, -0.2) is 0 Å². The van der Waals surface area contributed by atoms with Crippen LogP contribution >= 0.6 is 0 Å². The van der Waals surface area contributed by atoms with Crippen molar-refractivity contribution in [2.24, 2.45) is 5.92 Å². The fraction of sp³-hybridized carbons (Fsp3) is 0.625. The largest absolute Gasteiger partial charge is 0.508 e. The highest BCUT2D eigenvalue weighted by atomic mass is 16.5. The van der Waals surface area contributed by atoms with Crippen molar-refractivity contribution in [1.82, 2.24) is 10.2 Å². The molecule has 1 aromatic carbocycles. The van der Waals surface area contributed by atoms with Gasteiger partial charge >= 0.3 is 0 Å². The standard InChI is InChI=1S/C16H24N2O2/c1-20-16-11-13(19)4-5-14(16)15(10-12-2-3-12)18-8-6-17-7-9-18/h4-5,11-12,15,17,19H,2-3,6-10H2,1H3/t15-/m0/s1. The van der Waals surface area contributed by atoms with Crippen molar-refractivity contribution in [3.05, 3.63) is 23.8 Å². The number of hydrogen-bond acceptors (Lipinski definition) is 4. The van der Waals surface area contributed by atoms with Gasteiger partial charge in [0, 0.05) is 43.9 Å². The lowest BCUT2D eigenvalue weighted by molar-refractivity contribution is 0.157. The van der Waals surface area contributed by atoms with Crippen molar-refractivity contribution < 1.29 is 9.84 Å². The molecule has 3 rings (SSSR count). The molecule has 1 saturated heterocycles. The summed E-state index contributed by atoms with van der Waals surface area (Å²) >= 11 is 0. The molecular weight excluding hydrogens is 252 g/mol. The van der Waals surface area contributed by atoms with Crippen molar-refractivity contribution in [1.29, 1.82) is 0 Å². The monoisotopic (exact) mass is 276 g/mol. The third-order valence-corrected chi connectivity index (χ3v) is 4.42. The van der Waals surface area contributed by atoms with E-state index in [9.17, 15) is 5.11 Å². The number of methoxy groups -OCH3 is 1. The van der Waals surface area contributed by atoms with Gasteiger partial charge in [0.2, 0.25) is 0 Å². The molecular formula is C16H24N2O2. The van der Waals surface area contributed by atoms with Crippen molar-refractivity contribution in [3.8, 4) is 11.5 Å². The summed E-state index contributed by atoms with van der Waals surface area (Å²) in [5, 5.41) is 13.1. The highest BCUT2D eigenvalue weighted by Gasteiger charge is 2.31. The van der Waals surface area contributed by atoms with E-state index in [4.69, 9.17) is 4.74 Å². The van der Waals surface area contributed by atoms with E-state index in [1.54, 1.807) is 19.2 Å². The van der Waals surface area contributed by atoms with Crippen LogP contribution in [0.5, 0.6) is 11.5 Å². The van der Waals surface area contributed by atoms with Crippen LogP contribution < -0.4 is 10.1 Å². The van der Waals surface area contributed by atoms with Crippen LogP contribution in [0.15, 0.2) is 18.2 Å². The van der Waals surface area contributed by atoms with Crippen molar-refractivity contribution in [3.63, 3.8) is 0 Å². The summed E-state index contributed by atoms with van der Waals surface area (Å²) in [5.74, 6) is 1.96. The van der Waals surface area contributed by atoms with E-state index in [2.05, 4.69) is 10.2 Å². The second kappa shape index (κ2) is 6.02. The number of ether oxygens (including phenoxy) is 1. The summed E-state index contributed by atoms with van der Waals surface area (Å²) in [6.45, 7) is 4.28. The molecule has 1 aromatic rings. The molecule has 0 radical (unpaired) electrons. The van der Waals surface area contributed by atoms with Gasteiger partial charge in [-0.1, -0.05) is 18.9 Å². The number of piperazine rings is 1. The molecule has 0 aromatic heterocycles. The molecule has 0 unspecified atom stereocenters. The second-order valence-electron chi connectivity index (χ2n) is 5.91. The smallest absolute Gasteiger partial charge is 0.127 e. The zero-order valence-electron chi connectivity index (χ0n) is 12.1. The summed E-state index contributed by atoms with van der Waals surface area (Å²) in [5.41, 5.74) is 1.22. The van der Waals surface area contributed by atoms with Gasteiger partial charge in [-0.3, -0.25) is 4.90 Å². The molecule has 2 N–H and O–H groups in total. The van der Waals surface area contributed by atoms with Gasteiger partial charge in [0.05, 0.1) is 7.11 Å². The zero-order valence-corrected chi connectivity index (χ0v) is 12.1. The van der Waals surface area contributed by atoms with Crippen LogP contribution in [0.4, 0.5) is 0 Å². The molecule has 1 aliphatic heterocycles. The van der Waals surface area contributed by atoms with E-state index in [-0.39, 0.29) is 5.75 Å². The minimum absolute atomic E-state index is 0.274. The average molecular weight is 276 g/mol. The molecule has 4 nitrogen and oxygen atoms in total. The lowest BCUT2D eigenvalue weighted by atomic mass is 9.97. The second-order valence-corrected chi connectivity index (χ2v) is 5.91. The van der Waals surface area contributed by atoms with Gasteiger partial charge in [-0.2, -0.15) is 0 Å². The molecule has 2 fully saturated rings. The molecule has 1 heterocycles. The first-order valence-corrected chi connectivity index (χ1v) is 7.59. The minimum atomic E-state index is 0.274. The van der Waals surface area contributed by atoms with Crippen LogP contribution in [-0.4, -0.2) is 43.3 Å². The van der Waals surface area contributed by atoms with Crippen LogP contribution in [0.1, 0.15) is 30.9 Å². The Kier molecular flexibility index (Phi) is 4.13. The number of nitrogens with one attached hydrogen (secondary N) is 1. The molecule has 2 aliphatic rings.